The lowest BCUT2D eigenvalue weighted by Crippen LogP contribution is -2.16. The van der Waals surface area contributed by atoms with E-state index in [1.165, 1.54) is 17.4 Å². The van der Waals surface area contributed by atoms with Crippen LogP contribution in [0.25, 0.3) is 11.0 Å². The average Bonchev–Trinajstić information content (AvgIpc) is 2.82. The minimum atomic E-state index is -0.207. The summed E-state index contributed by atoms with van der Waals surface area (Å²) >= 11 is 0. The molecule has 1 heterocycles. The van der Waals surface area contributed by atoms with Crippen LogP contribution in [0.4, 0.5) is 0 Å². The summed E-state index contributed by atoms with van der Waals surface area (Å²) in [5.41, 5.74) is 2.29. The lowest BCUT2D eigenvalue weighted by Gasteiger charge is -2.07. The van der Waals surface area contributed by atoms with Crippen LogP contribution < -0.4 is 5.32 Å². The quantitative estimate of drug-likeness (QED) is 0.685. The highest BCUT2D eigenvalue weighted by Gasteiger charge is 2.12. The van der Waals surface area contributed by atoms with Crippen LogP contribution in [-0.2, 0) is 13.0 Å². The predicted octanol–water partition coefficient (Wildman–Crippen LogP) is 4.03. The van der Waals surface area contributed by atoms with Crippen LogP contribution in [0.1, 0.15) is 50.9 Å². The molecule has 0 saturated carbocycles. The normalized spacial score (nSPS) is 12.9. The van der Waals surface area contributed by atoms with Gasteiger partial charge in [-0.15, -0.1) is 0 Å². The van der Waals surface area contributed by atoms with Gasteiger partial charge in [-0.3, -0.25) is 0 Å². The second kappa shape index (κ2) is 8.20. The third-order valence-electron chi connectivity index (χ3n) is 3.82. The van der Waals surface area contributed by atoms with E-state index in [2.05, 4.69) is 24.4 Å². The lowest BCUT2D eigenvalue weighted by molar-refractivity contribution is 0.181. The van der Waals surface area contributed by atoms with Crippen LogP contribution in [0.15, 0.2) is 28.7 Å². The molecule has 0 bridgehead atoms. The molecule has 0 aliphatic rings. The van der Waals surface area contributed by atoms with Gasteiger partial charge < -0.3 is 14.8 Å². The molecule has 3 nitrogen and oxygen atoms in total. The van der Waals surface area contributed by atoms with Crippen molar-refractivity contribution in [1.29, 1.82) is 0 Å². The fourth-order valence-electron chi connectivity index (χ4n) is 2.62. The molecule has 3 heteroatoms. The summed E-state index contributed by atoms with van der Waals surface area (Å²) in [7, 11) is 0. The molecular formula is C18H27NO2. The second-order valence-corrected chi connectivity index (χ2v) is 5.77. The molecule has 21 heavy (non-hydrogen) atoms. The van der Waals surface area contributed by atoms with Crippen molar-refractivity contribution in [3.8, 4) is 0 Å². The standard InChI is InChI=1S/C18H27NO2/c1-3-4-10-18-16(13-19-12-7-8-14(2)20)15-9-5-6-11-17(15)21-18/h5-6,9,11,14,19-20H,3-4,7-8,10,12-13H2,1-2H3. The minimum absolute atomic E-state index is 0.207. The Labute approximate surface area is 127 Å². The molecule has 0 aliphatic carbocycles. The van der Waals surface area contributed by atoms with E-state index in [9.17, 15) is 5.11 Å². The van der Waals surface area contributed by atoms with Gasteiger partial charge in [-0.25, -0.2) is 0 Å². The van der Waals surface area contributed by atoms with E-state index < -0.39 is 0 Å². The summed E-state index contributed by atoms with van der Waals surface area (Å²) in [6, 6.07) is 8.27. The second-order valence-electron chi connectivity index (χ2n) is 5.77. The number of aryl methyl sites for hydroxylation is 1. The van der Waals surface area contributed by atoms with Gasteiger partial charge in [-0.2, -0.15) is 0 Å². The summed E-state index contributed by atoms with van der Waals surface area (Å²) in [4.78, 5) is 0. The smallest absolute Gasteiger partial charge is 0.134 e. The fourth-order valence-corrected chi connectivity index (χ4v) is 2.62. The number of aliphatic hydroxyl groups is 1. The van der Waals surface area contributed by atoms with Gasteiger partial charge in [0.05, 0.1) is 6.10 Å². The third-order valence-corrected chi connectivity index (χ3v) is 3.82. The Balaban J connectivity index is 2.01. The summed E-state index contributed by atoms with van der Waals surface area (Å²) in [6.07, 6.45) is 4.99. The van der Waals surface area contributed by atoms with Crippen molar-refractivity contribution in [1.82, 2.24) is 5.32 Å². The Kier molecular flexibility index (Phi) is 6.27. The first-order valence-electron chi connectivity index (χ1n) is 8.10. The van der Waals surface area contributed by atoms with Crippen molar-refractivity contribution in [2.24, 2.45) is 0 Å². The highest BCUT2D eigenvalue weighted by molar-refractivity contribution is 5.82. The summed E-state index contributed by atoms with van der Waals surface area (Å²) < 4.78 is 6.02. The first kappa shape index (κ1) is 16.1. The molecule has 1 unspecified atom stereocenters. The molecule has 0 fully saturated rings. The summed E-state index contributed by atoms with van der Waals surface area (Å²) in [5, 5.41) is 14.0. The van der Waals surface area contributed by atoms with Crippen molar-refractivity contribution in [3.05, 3.63) is 35.6 Å². The third kappa shape index (κ3) is 4.58. The maximum Gasteiger partial charge on any atom is 0.134 e. The van der Waals surface area contributed by atoms with Crippen LogP contribution in [0.3, 0.4) is 0 Å². The van der Waals surface area contributed by atoms with Crippen LogP contribution in [-0.4, -0.2) is 17.8 Å². The maximum atomic E-state index is 9.28. The number of unbranched alkanes of at least 4 members (excludes halogenated alkanes) is 1. The lowest BCUT2D eigenvalue weighted by atomic mass is 10.1. The van der Waals surface area contributed by atoms with Crippen molar-refractivity contribution in [2.75, 3.05) is 6.54 Å². The molecule has 2 aromatic rings. The molecule has 1 aromatic carbocycles. The van der Waals surface area contributed by atoms with E-state index in [-0.39, 0.29) is 6.10 Å². The van der Waals surface area contributed by atoms with Crippen molar-refractivity contribution >= 4 is 11.0 Å². The average molecular weight is 289 g/mol. The Hall–Kier alpha value is -1.32. The maximum absolute atomic E-state index is 9.28. The number of para-hydroxylation sites is 1. The topological polar surface area (TPSA) is 45.4 Å². The van der Waals surface area contributed by atoms with Crippen LogP contribution >= 0.6 is 0 Å². The number of benzene rings is 1. The molecule has 2 rings (SSSR count). The zero-order chi connectivity index (χ0) is 15.1. The Bertz CT molecular complexity index is 545. The number of nitrogens with one attached hydrogen (secondary N) is 1. The van der Waals surface area contributed by atoms with Gasteiger partial charge in [-0.05, 0) is 38.8 Å². The fraction of sp³-hybridized carbons (Fsp3) is 0.556. The van der Waals surface area contributed by atoms with E-state index in [4.69, 9.17) is 4.42 Å². The van der Waals surface area contributed by atoms with E-state index in [1.54, 1.807) is 0 Å². The number of hydrogen-bond acceptors (Lipinski definition) is 3. The number of aliphatic hydroxyl groups excluding tert-OH is 1. The first-order valence-corrected chi connectivity index (χ1v) is 8.10. The first-order chi connectivity index (χ1) is 10.2. The molecule has 2 N–H and O–H groups in total. The number of fused-ring (bicyclic) bond motifs is 1. The monoisotopic (exact) mass is 289 g/mol. The largest absolute Gasteiger partial charge is 0.461 e. The van der Waals surface area contributed by atoms with Crippen LogP contribution in [0, 0.1) is 0 Å². The molecule has 1 aromatic heterocycles. The van der Waals surface area contributed by atoms with E-state index in [0.717, 1.165) is 50.1 Å². The summed E-state index contributed by atoms with van der Waals surface area (Å²) in [6.45, 7) is 5.82. The zero-order valence-electron chi connectivity index (χ0n) is 13.2. The van der Waals surface area contributed by atoms with E-state index >= 15 is 0 Å². The van der Waals surface area contributed by atoms with Crippen LogP contribution in [0.5, 0.6) is 0 Å². The Morgan fingerprint density at radius 1 is 1.24 bits per heavy atom. The van der Waals surface area contributed by atoms with Crippen LogP contribution in [0.2, 0.25) is 0 Å². The van der Waals surface area contributed by atoms with Gasteiger partial charge in [0.2, 0.25) is 0 Å². The minimum Gasteiger partial charge on any atom is -0.461 e. The highest BCUT2D eigenvalue weighted by atomic mass is 16.3. The van der Waals surface area contributed by atoms with E-state index in [0.29, 0.717) is 0 Å². The van der Waals surface area contributed by atoms with Crippen molar-refractivity contribution in [3.63, 3.8) is 0 Å². The van der Waals surface area contributed by atoms with Gasteiger partial charge in [-0.1, -0.05) is 31.5 Å². The van der Waals surface area contributed by atoms with Gasteiger partial charge in [0.25, 0.3) is 0 Å². The SMILES string of the molecule is CCCCc1oc2ccccc2c1CNCCCC(C)O. The molecule has 0 saturated heterocycles. The molecule has 0 amide bonds. The van der Waals surface area contributed by atoms with E-state index in [1.807, 2.05) is 19.1 Å². The Morgan fingerprint density at radius 3 is 2.81 bits per heavy atom. The van der Waals surface area contributed by atoms with Gasteiger partial charge in [0.15, 0.2) is 0 Å². The molecule has 116 valence electrons. The number of hydrogen-bond donors (Lipinski definition) is 2. The molecule has 1 atom stereocenters. The zero-order valence-corrected chi connectivity index (χ0v) is 13.2. The molecule has 0 radical (unpaired) electrons. The molecular weight excluding hydrogens is 262 g/mol. The van der Waals surface area contributed by atoms with Crippen molar-refractivity contribution < 1.29 is 9.52 Å². The number of rotatable bonds is 9. The summed E-state index contributed by atoms with van der Waals surface area (Å²) in [5.74, 6) is 1.13. The predicted molar refractivity (Wildman–Crippen MR) is 87.4 cm³/mol. The Morgan fingerprint density at radius 2 is 2.05 bits per heavy atom. The van der Waals surface area contributed by atoms with Gasteiger partial charge >= 0.3 is 0 Å². The number of furan rings is 1. The van der Waals surface area contributed by atoms with Crippen molar-refractivity contribution in [2.45, 2.75) is 58.6 Å². The van der Waals surface area contributed by atoms with Gasteiger partial charge in [0.1, 0.15) is 11.3 Å². The molecule has 0 spiro atoms. The molecule has 0 aliphatic heterocycles. The van der Waals surface area contributed by atoms with Gasteiger partial charge in [0, 0.05) is 23.9 Å². The highest BCUT2D eigenvalue weighted by Crippen LogP contribution is 2.27.